The summed E-state index contributed by atoms with van der Waals surface area (Å²) in [5.41, 5.74) is 0.821. The Hall–Kier alpha value is -1.95. The Morgan fingerprint density at radius 1 is 1.19 bits per heavy atom. The summed E-state index contributed by atoms with van der Waals surface area (Å²) >= 11 is 6.26. The van der Waals surface area contributed by atoms with Gasteiger partial charge in [-0.3, -0.25) is 9.59 Å². The van der Waals surface area contributed by atoms with Crippen LogP contribution in [0, 0.1) is 5.92 Å². The van der Waals surface area contributed by atoms with Crippen LogP contribution in [0.2, 0.25) is 5.02 Å². The molecule has 0 aromatic heterocycles. The number of ether oxygens (including phenoxy) is 2. The SMILES string of the molecule is C[C@@H](NC(=O)C1CCCC1)C(=O)NCc1cc(Cl)c2c(c1)OCCCO2. The first-order valence-electron chi connectivity index (χ1n) is 9.20. The zero-order valence-electron chi connectivity index (χ0n) is 15.0. The van der Waals surface area contributed by atoms with E-state index in [9.17, 15) is 9.59 Å². The van der Waals surface area contributed by atoms with Gasteiger partial charge < -0.3 is 20.1 Å². The quantitative estimate of drug-likeness (QED) is 0.823. The summed E-state index contributed by atoms with van der Waals surface area (Å²) in [5, 5.41) is 6.11. The number of fused-ring (bicyclic) bond motifs is 1. The number of rotatable bonds is 5. The van der Waals surface area contributed by atoms with Crippen LogP contribution in [0.5, 0.6) is 11.5 Å². The number of benzene rings is 1. The van der Waals surface area contributed by atoms with Gasteiger partial charge >= 0.3 is 0 Å². The second-order valence-corrected chi connectivity index (χ2v) is 7.29. The molecule has 0 unspecified atom stereocenters. The van der Waals surface area contributed by atoms with Crippen LogP contribution in [0.3, 0.4) is 0 Å². The van der Waals surface area contributed by atoms with Crippen molar-refractivity contribution in [1.82, 2.24) is 10.6 Å². The lowest BCUT2D eigenvalue weighted by molar-refractivity contribution is -0.130. The number of carbonyl (C=O) groups excluding carboxylic acids is 2. The van der Waals surface area contributed by atoms with Crippen LogP contribution in [0.15, 0.2) is 12.1 Å². The molecule has 0 saturated heterocycles. The molecule has 2 amide bonds. The lowest BCUT2D eigenvalue weighted by atomic mass is 10.1. The van der Waals surface area contributed by atoms with E-state index in [1.807, 2.05) is 6.07 Å². The van der Waals surface area contributed by atoms with E-state index in [-0.39, 0.29) is 17.7 Å². The fourth-order valence-electron chi connectivity index (χ4n) is 3.31. The Kier molecular flexibility index (Phi) is 6.25. The number of carbonyl (C=O) groups is 2. The van der Waals surface area contributed by atoms with E-state index in [1.54, 1.807) is 13.0 Å². The highest BCUT2D eigenvalue weighted by molar-refractivity contribution is 6.32. The molecule has 142 valence electrons. The zero-order valence-corrected chi connectivity index (χ0v) is 15.7. The Balaban J connectivity index is 1.54. The van der Waals surface area contributed by atoms with Crippen molar-refractivity contribution >= 4 is 23.4 Å². The predicted octanol–water partition coefficient (Wildman–Crippen LogP) is 2.81. The Morgan fingerprint density at radius 2 is 1.92 bits per heavy atom. The second kappa shape index (κ2) is 8.62. The van der Waals surface area contributed by atoms with Crippen molar-refractivity contribution in [2.75, 3.05) is 13.2 Å². The molecule has 2 aliphatic rings. The number of amides is 2. The third-order valence-electron chi connectivity index (χ3n) is 4.81. The normalized spacial score (nSPS) is 18.1. The van der Waals surface area contributed by atoms with Gasteiger partial charge in [0, 0.05) is 18.9 Å². The first-order valence-corrected chi connectivity index (χ1v) is 9.58. The first-order chi connectivity index (χ1) is 12.5. The third-order valence-corrected chi connectivity index (χ3v) is 5.09. The Bertz CT molecular complexity index is 674. The van der Waals surface area contributed by atoms with E-state index in [0.717, 1.165) is 37.7 Å². The molecule has 0 radical (unpaired) electrons. The first kappa shape index (κ1) is 18.8. The molecule has 26 heavy (non-hydrogen) atoms. The highest BCUT2D eigenvalue weighted by Gasteiger charge is 2.25. The monoisotopic (exact) mass is 380 g/mol. The Morgan fingerprint density at radius 3 is 2.69 bits per heavy atom. The Labute approximate surface area is 158 Å². The maximum atomic E-state index is 12.3. The molecular weight excluding hydrogens is 356 g/mol. The van der Waals surface area contributed by atoms with Gasteiger partial charge in [-0.05, 0) is 37.5 Å². The smallest absolute Gasteiger partial charge is 0.242 e. The molecule has 3 rings (SSSR count). The fraction of sp³-hybridized carbons (Fsp3) is 0.579. The fourth-order valence-corrected chi connectivity index (χ4v) is 3.60. The number of halogens is 1. The maximum absolute atomic E-state index is 12.3. The van der Waals surface area contributed by atoms with Crippen molar-refractivity contribution in [2.24, 2.45) is 5.92 Å². The summed E-state index contributed by atoms with van der Waals surface area (Å²) in [4.78, 5) is 24.4. The van der Waals surface area contributed by atoms with Gasteiger partial charge in [0.05, 0.1) is 18.2 Å². The summed E-state index contributed by atoms with van der Waals surface area (Å²) in [6, 6.07) is 3.02. The van der Waals surface area contributed by atoms with Gasteiger partial charge in [-0.25, -0.2) is 0 Å². The highest BCUT2D eigenvalue weighted by atomic mass is 35.5. The van der Waals surface area contributed by atoms with Crippen molar-refractivity contribution in [3.8, 4) is 11.5 Å². The van der Waals surface area contributed by atoms with Gasteiger partial charge in [0.2, 0.25) is 11.8 Å². The summed E-state index contributed by atoms with van der Waals surface area (Å²) in [6.45, 7) is 3.15. The molecule has 1 atom stereocenters. The molecule has 1 aromatic carbocycles. The van der Waals surface area contributed by atoms with Crippen LogP contribution in [0.25, 0.3) is 0 Å². The molecule has 1 heterocycles. The van der Waals surface area contributed by atoms with Gasteiger partial charge in [-0.2, -0.15) is 0 Å². The van der Waals surface area contributed by atoms with Crippen LogP contribution >= 0.6 is 11.6 Å². The van der Waals surface area contributed by atoms with Crippen molar-refractivity contribution < 1.29 is 19.1 Å². The van der Waals surface area contributed by atoms with Crippen LogP contribution in [0.4, 0.5) is 0 Å². The lowest BCUT2D eigenvalue weighted by Crippen LogP contribution is -2.46. The predicted molar refractivity (Wildman–Crippen MR) is 98.5 cm³/mol. The van der Waals surface area contributed by atoms with Crippen molar-refractivity contribution in [1.29, 1.82) is 0 Å². The number of hydrogen-bond donors (Lipinski definition) is 2. The molecule has 1 saturated carbocycles. The summed E-state index contributed by atoms with van der Waals surface area (Å²) in [7, 11) is 0. The number of hydrogen-bond acceptors (Lipinski definition) is 4. The topological polar surface area (TPSA) is 76.7 Å². The minimum atomic E-state index is -0.570. The van der Waals surface area contributed by atoms with E-state index in [0.29, 0.717) is 36.3 Å². The molecular formula is C19H25ClN2O4. The largest absolute Gasteiger partial charge is 0.489 e. The average Bonchev–Trinajstić information content (AvgIpc) is 3.05. The molecule has 7 heteroatoms. The van der Waals surface area contributed by atoms with E-state index < -0.39 is 6.04 Å². The average molecular weight is 381 g/mol. The van der Waals surface area contributed by atoms with Crippen LogP contribution in [-0.2, 0) is 16.1 Å². The van der Waals surface area contributed by atoms with Crippen LogP contribution in [0.1, 0.15) is 44.6 Å². The van der Waals surface area contributed by atoms with Gasteiger partial charge in [-0.15, -0.1) is 0 Å². The molecule has 1 fully saturated rings. The summed E-state index contributed by atoms with van der Waals surface area (Å²) in [5.74, 6) is 0.951. The van der Waals surface area contributed by atoms with Crippen LogP contribution < -0.4 is 20.1 Å². The van der Waals surface area contributed by atoms with Crippen molar-refractivity contribution in [2.45, 2.75) is 51.6 Å². The summed E-state index contributed by atoms with van der Waals surface area (Å²) in [6.07, 6.45) is 4.80. The molecule has 1 aliphatic heterocycles. The second-order valence-electron chi connectivity index (χ2n) is 6.88. The van der Waals surface area contributed by atoms with E-state index in [4.69, 9.17) is 21.1 Å². The molecule has 0 bridgehead atoms. The van der Waals surface area contributed by atoms with Gasteiger partial charge in [0.1, 0.15) is 6.04 Å². The molecule has 2 N–H and O–H groups in total. The minimum absolute atomic E-state index is 0.0243. The van der Waals surface area contributed by atoms with Crippen molar-refractivity contribution in [3.05, 3.63) is 22.7 Å². The zero-order chi connectivity index (χ0) is 18.5. The van der Waals surface area contributed by atoms with Crippen molar-refractivity contribution in [3.63, 3.8) is 0 Å². The minimum Gasteiger partial charge on any atom is -0.489 e. The molecule has 1 aromatic rings. The van der Waals surface area contributed by atoms with E-state index >= 15 is 0 Å². The molecule has 1 aliphatic carbocycles. The van der Waals surface area contributed by atoms with Gasteiger partial charge in [-0.1, -0.05) is 24.4 Å². The van der Waals surface area contributed by atoms with Crippen LogP contribution in [-0.4, -0.2) is 31.1 Å². The molecule has 6 nitrogen and oxygen atoms in total. The maximum Gasteiger partial charge on any atom is 0.242 e. The highest BCUT2D eigenvalue weighted by Crippen LogP contribution is 2.37. The van der Waals surface area contributed by atoms with Gasteiger partial charge in [0.25, 0.3) is 0 Å². The van der Waals surface area contributed by atoms with E-state index in [2.05, 4.69) is 10.6 Å². The third kappa shape index (κ3) is 4.61. The lowest BCUT2D eigenvalue weighted by Gasteiger charge is -2.17. The summed E-state index contributed by atoms with van der Waals surface area (Å²) < 4.78 is 11.3. The standard InChI is InChI=1S/C19H25ClN2O4/c1-12(22-19(24)14-5-2-3-6-14)18(23)21-11-13-9-15(20)17-16(10-13)25-7-4-8-26-17/h9-10,12,14H,2-8,11H2,1H3,(H,21,23)(H,22,24)/t12-/m1/s1. The number of nitrogens with one attached hydrogen (secondary N) is 2. The van der Waals surface area contributed by atoms with Gasteiger partial charge in [0.15, 0.2) is 11.5 Å². The molecule has 0 spiro atoms. The van der Waals surface area contributed by atoms with E-state index in [1.165, 1.54) is 0 Å².